The van der Waals surface area contributed by atoms with Crippen molar-refractivity contribution in [2.24, 2.45) is 0 Å². The monoisotopic (exact) mass is 283 g/mol. The lowest BCUT2D eigenvalue weighted by Gasteiger charge is -2.23. The van der Waals surface area contributed by atoms with E-state index in [1.165, 1.54) is 14.2 Å². The van der Waals surface area contributed by atoms with E-state index in [2.05, 4.69) is 5.32 Å². The lowest BCUT2D eigenvalue weighted by molar-refractivity contribution is -0.137. The highest BCUT2D eigenvalue weighted by Gasteiger charge is 2.21. The molecule has 6 heteroatoms. The summed E-state index contributed by atoms with van der Waals surface area (Å²) in [5.74, 6) is 0.219. The van der Waals surface area contributed by atoms with Gasteiger partial charge in [0.25, 0.3) is 0 Å². The van der Waals surface area contributed by atoms with Gasteiger partial charge in [-0.1, -0.05) is 6.07 Å². The van der Waals surface area contributed by atoms with E-state index in [1.54, 1.807) is 25.2 Å². The molecular weight excluding hydrogens is 262 g/mol. The number of likely N-dealkylation sites (N-methyl/N-ethyl adjacent to an activating group) is 1. The maximum Gasteiger partial charge on any atom is 0.303 e. The summed E-state index contributed by atoms with van der Waals surface area (Å²) in [4.78, 5) is 10.6. The molecule has 0 heterocycles. The van der Waals surface area contributed by atoms with E-state index in [-0.39, 0.29) is 12.5 Å². The number of aliphatic hydroxyl groups is 1. The van der Waals surface area contributed by atoms with Gasteiger partial charge in [-0.3, -0.25) is 4.79 Å². The van der Waals surface area contributed by atoms with Gasteiger partial charge in [0.05, 0.1) is 20.3 Å². The molecule has 0 aliphatic rings. The Morgan fingerprint density at radius 1 is 1.30 bits per heavy atom. The van der Waals surface area contributed by atoms with Gasteiger partial charge >= 0.3 is 5.97 Å². The molecule has 1 rings (SSSR count). The van der Waals surface area contributed by atoms with E-state index in [1.807, 2.05) is 0 Å². The number of hydrogen-bond donors (Lipinski definition) is 3. The molecular formula is C14H21NO5. The first-order chi connectivity index (χ1) is 9.53. The summed E-state index contributed by atoms with van der Waals surface area (Å²) in [7, 11) is 4.75. The van der Waals surface area contributed by atoms with Crippen molar-refractivity contribution >= 4 is 5.97 Å². The Hall–Kier alpha value is -1.79. The minimum atomic E-state index is -0.884. The third-order valence-corrected chi connectivity index (χ3v) is 3.17. The normalized spacial score (nSPS) is 13.6. The minimum Gasteiger partial charge on any atom is -0.493 e. The first-order valence-electron chi connectivity index (χ1n) is 6.32. The van der Waals surface area contributed by atoms with Crippen LogP contribution in [0.3, 0.4) is 0 Å². The van der Waals surface area contributed by atoms with Gasteiger partial charge in [-0.15, -0.1) is 0 Å². The summed E-state index contributed by atoms with van der Waals surface area (Å²) in [5, 5.41) is 22.0. The zero-order valence-corrected chi connectivity index (χ0v) is 11.9. The molecule has 1 aromatic rings. The van der Waals surface area contributed by atoms with Crippen LogP contribution in [0.4, 0.5) is 0 Å². The van der Waals surface area contributed by atoms with Crippen LogP contribution in [0.1, 0.15) is 24.5 Å². The predicted molar refractivity (Wildman–Crippen MR) is 74.2 cm³/mol. The summed E-state index contributed by atoms with van der Waals surface area (Å²) < 4.78 is 10.3. The van der Waals surface area contributed by atoms with Gasteiger partial charge in [0.15, 0.2) is 11.5 Å². The first-order valence-corrected chi connectivity index (χ1v) is 6.32. The maximum absolute atomic E-state index is 10.6. The molecule has 0 fully saturated rings. The molecule has 0 radical (unpaired) electrons. The van der Waals surface area contributed by atoms with Crippen molar-refractivity contribution in [1.29, 1.82) is 0 Å². The average Bonchev–Trinajstić information content (AvgIpc) is 2.46. The Morgan fingerprint density at radius 2 is 1.95 bits per heavy atom. The average molecular weight is 283 g/mol. The topological polar surface area (TPSA) is 88.0 Å². The fraction of sp³-hybridized carbons (Fsp3) is 0.500. The number of carboxylic acid groups (broad SMARTS) is 1. The molecule has 0 bridgehead atoms. The molecule has 0 aliphatic heterocycles. The Morgan fingerprint density at radius 3 is 2.45 bits per heavy atom. The third kappa shape index (κ3) is 4.11. The summed E-state index contributed by atoms with van der Waals surface area (Å²) in [6, 6.07) is 4.79. The van der Waals surface area contributed by atoms with E-state index >= 15 is 0 Å². The molecule has 0 saturated heterocycles. The molecule has 0 spiro atoms. The molecule has 1 aromatic carbocycles. The van der Waals surface area contributed by atoms with Crippen molar-refractivity contribution in [3.05, 3.63) is 23.8 Å². The van der Waals surface area contributed by atoms with Crippen LogP contribution < -0.4 is 14.8 Å². The highest BCUT2D eigenvalue weighted by atomic mass is 16.5. The molecule has 2 unspecified atom stereocenters. The van der Waals surface area contributed by atoms with Crippen LogP contribution in [0, 0.1) is 0 Å². The molecule has 20 heavy (non-hydrogen) atoms. The van der Waals surface area contributed by atoms with Gasteiger partial charge in [0.2, 0.25) is 0 Å². The van der Waals surface area contributed by atoms with Crippen LogP contribution >= 0.6 is 0 Å². The van der Waals surface area contributed by atoms with E-state index in [0.29, 0.717) is 23.5 Å². The molecule has 0 aromatic heterocycles. The lowest BCUT2D eigenvalue weighted by Crippen LogP contribution is -2.32. The van der Waals surface area contributed by atoms with Gasteiger partial charge in [0.1, 0.15) is 0 Å². The van der Waals surface area contributed by atoms with Gasteiger partial charge < -0.3 is 25.0 Å². The summed E-state index contributed by atoms with van der Waals surface area (Å²) >= 11 is 0. The van der Waals surface area contributed by atoms with E-state index in [0.717, 1.165) is 0 Å². The van der Waals surface area contributed by atoms with E-state index in [4.69, 9.17) is 14.6 Å². The zero-order chi connectivity index (χ0) is 15.1. The number of carboxylic acids is 1. The Bertz CT molecular complexity index is 449. The number of methoxy groups -OCH3 is 2. The van der Waals surface area contributed by atoms with Gasteiger partial charge in [-0.2, -0.15) is 0 Å². The number of benzene rings is 1. The smallest absolute Gasteiger partial charge is 0.303 e. The summed E-state index contributed by atoms with van der Waals surface area (Å²) in [5.41, 5.74) is 0.646. The van der Waals surface area contributed by atoms with Gasteiger partial charge in [-0.25, -0.2) is 0 Å². The summed E-state index contributed by atoms with van der Waals surface area (Å²) in [6.45, 7) is 0. The number of hydrogen-bond acceptors (Lipinski definition) is 5. The second kappa shape index (κ2) is 7.72. The molecule has 0 amide bonds. The van der Waals surface area contributed by atoms with Crippen molar-refractivity contribution < 1.29 is 24.5 Å². The molecule has 0 aliphatic carbocycles. The first kappa shape index (κ1) is 16.3. The van der Waals surface area contributed by atoms with Crippen LogP contribution in [0.5, 0.6) is 11.5 Å². The van der Waals surface area contributed by atoms with Crippen molar-refractivity contribution in [2.45, 2.75) is 25.0 Å². The minimum absolute atomic E-state index is 0.00411. The highest BCUT2D eigenvalue weighted by molar-refractivity contribution is 5.66. The number of aliphatic hydroxyl groups excluding tert-OH is 1. The van der Waals surface area contributed by atoms with Crippen LogP contribution in [-0.4, -0.2) is 43.5 Å². The third-order valence-electron chi connectivity index (χ3n) is 3.17. The van der Waals surface area contributed by atoms with Crippen molar-refractivity contribution in [2.75, 3.05) is 21.3 Å². The molecule has 2 atom stereocenters. The van der Waals surface area contributed by atoms with Gasteiger partial charge in [0, 0.05) is 12.5 Å². The largest absolute Gasteiger partial charge is 0.493 e. The highest BCUT2D eigenvalue weighted by Crippen LogP contribution is 2.31. The van der Waals surface area contributed by atoms with Gasteiger partial charge in [-0.05, 0) is 31.2 Å². The number of aliphatic carboxylic acids is 1. The van der Waals surface area contributed by atoms with Crippen molar-refractivity contribution in [3.8, 4) is 11.5 Å². The number of nitrogens with one attached hydrogen (secondary N) is 1. The standard InChI is InChI=1S/C14H21NO5/c1-15-10(5-7-13(16)17)14(18)9-4-6-11(19-2)12(8-9)20-3/h4,6,8,10,14-15,18H,5,7H2,1-3H3,(H,16,17). The summed E-state index contributed by atoms with van der Waals surface area (Å²) in [6.07, 6.45) is -0.490. The van der Waals surface area contributed by atoms with Crippen molar-refractivity contribution in [3.63, 3.8) is 0 Å². The number of carbonyl (C=O) groups is 1. The lowest BCUT2D eigenvalue weighted by atomic mass is 9.98. The Kier molecular flexibility index (Phi) is 6.27. The second-order valence-electron chi connectivity index (χ2n) is 4.39. The fourth-order valence-electron chi connectivity index (χ4n) is 2.01. The molecule has 0 saturated carbocycles. The Labute approximate surface area is 118 Å². The Balaban J connectivity index is 2.88. The van der Waals surface area contributed by atoms with Crippen LogP contribution in [0.25, 0.3) is 0 Å². The molecule has 3 N–H and O–H groups in total. The number of ether oxygens (including phenoxy) is 2. The SMILES string of the molecule is CNC(CCC(=O)O)C(O)c1ccc(OC)c(OC)c1. The zero-order valence-electron chi connectivity index (χ0n) is 11.9. The quantitative estimate of drug-likeness (QED) is 0.664. The van der Waals surface area contributed by atoms with Crippen molar-refractivity contribution in [1.82, 2.24) is 5.32 Å². The van der Waals surface area contributed by atoms with E-state index in [9.17, 15) is 9.90 Å². The van der Waals surface area contributed by atoms with Crippen LogP contribution in [0.15, 0.2) is 18.2 Å². The van der Waals surface area contributed by atoms with Crippen LogP contribution in [0.2, 0.25) is 0 Å². The fourth-order valence-corrected chi connectivity index (χ4v) is 2.01. The van der Waals surface area contributed by atoms with Crippen LogP contribution in [-0.2, 0) is 4.79 Å². The predicted octanol–water partition coefficient (Wildman–Crippen LogP) is 1.19. The maximum atomic E-state index is 10.6. The number of rotatable bonds is 8. The second-order valence-corrected chi connectivity index (χ2v) is 4.39. The van der Waals surface area contributed by atoms with E-state index < -0.39 is 12.1 Å². The molecule has 112 valence electrons. The molecule has 6 nitrogen and oxygen atoms in total.